The van der Waals surface area contributed by atoms with Gasteiger partial charge in [0.1, 0.15) is 36.6 Å². The van der Waals surface area contributed by atoms with Crippen LogP contribution < -0.4 is 10.2 Å². The zero-order chi connectivity index (χ0) is 24.9. The van der Waals surface area contributed by atoms with E-state index in [1.165, 1.54) is 0 Å². The summed E-state index contributed by atoms with van der Waals surface area (Å²) in [6.07, 6.45) is 4.46. The number of hydrogen-bond donors (Lipinski definition) is 2. The molecular formula is C30H32N5O2+. The van der Waals surface area contributed by atoms with E-state index in [0.29, 0.717) is 6.54 Å². The number of rotatable bonds is 9. The molecule has 1 aliphatic rings. The molecule has 5 aromatic rings. The number of morpholine rings is 1. The highest BCUT2D eigenvalue weighted by atomic mass is 16.5. The fourth-order valence-corrected chi connectivity index (χ4v) is 5.25. The molecule has 3 aromatic heterocycles. The van der Waals surface area contributed by atoms with Gasteiger partial charge in [0.25, 0.3) is 0 Å². The lowest BCUT2D eigenvalue weighted by atomic mass is 9.99. The molecule has 6 rings (SSSR count). The molecule has 0 spiro atoms. The van der Waals surface area contributed by atoms with Gasteiger partial charge < -0.3 is 23.9 Å². The van der Waals surface area contributed by atoms with Crippen LogP contribution in [-0.4, -0.2) is 53.9 Å². The zero-order valence-corrected chi connectivity index (χ0v) is 20.9. The molecule has 0 unspecified atom stereocenters. The van der Waals surface area contributed by atoms with E-state index in [1.807, 2.05) is 12.1 Å². The Morgan fingerprint density at radius 2 is 1.62 bits per heavy atom. The van der Waals surface area contributed by atoms with Crippen LogP contribution in [0.25, 0.3) is 33.4 Å². The van der Waals surface area contributed by atoms with Crippen molar-refractivity contribution in [3.63, 3.8) is 0 Å². The summed E-state index contributed by atoms with van der Waals surface area (Å²) in [5.74, 6) is 1.76. The maximum atomic E-state index is 5.77. The van der Waals surface area contributed by atoms with E-state index in [-0.39, 0.29) is 0 Å². The summed E-state index contributed by atoms with van der Waals surface area (Å²) in [6, 6.07) is 25.0. The topological polar surface area (TPSA) is 69.5 Å². The van der Waals surface area contributed by atoms with E-state index in [4.69, 9.17) is 19.1 Å². The van der Waals surface area contributed by atoms with Crippen molar-refractivity contribution in [3.8, 4) is 22.4 Å². The maximum absolute atomic E-state index is 5.77. The van der Waals surface area contributed by atoms with Crippen LogP contribution in [0.5, 0.6) is 0 Å². The first kappa shape index (κ1) is 23.5. The minimum Gasteiger partial charge on any atom is -0.467 e. The summed E-state index contributed by atoms with van der Waals surface area (Å²) >= 11 is 0. The number of aromatic nitrogens is 3. The number of nitrogens with zero attached hydrogens (tertiary/aromatic N) is 3. The van der Waals surface area contributed by atoms with Gasteiger partial charge in [-0.1, -0.05) is 60.7 Å². The highest BCUT2D eigenvalue weighted by molar-refractivity contribution is 6.08. The smallest absolute Gasteiger partial charge is 0.147 e. The van der Waals surface area contributed by atoms with Gasteiger partial charge in [-0.25, -0.2) is 9.97 Å². The van der Waals surface area contributed by atoms with Gasteiger partial charge in [0.2, 0.25) is 0 Å². The number of benzene rings is 2. The third-order valence-electron chi connectivity index (χ3n) is 7.04. The van der Waals surface area contributed by atoms with Crippen LogP contribution in [0.1, 0.15) is 12.2 Å². The van der Waals surface area contributed by atoms with Crippen LogP contribution in [0.2, 0.25) is 0 Å². The Kier molecular flexibility index (Phi) is 6.97. The first-order valence-electron chi connectivity index (χ1n) is 13.0. The largest absolute Gasteiger partial charge is 0.467 e. The van der Waals surface area contributed by atoms with Crippen molar-refractivity contribution in [3.05, 3.63) is 91.1 Å². The molecule has 2 N–H and O–H groups in total. The number of nitrogens with one attached hydrogen (secondary N) is 2. The van der Waals surface area contributed by atoms with Gasteiger partial charge in [0.15, 0.2) is 0 Å². The summed E-state index contributed by atoms with van der Waals surface area (Å²) < 4.78 is 13.5. The first-order chi connectivity index (χ1) is 18.4. The van der Waals surface area contributed by atoms with Crippen LogP contribution in [0.4, 0.5) is 5.82 Å². The first-order valence-corrected chi connectivity index (χ1v) is 13.0. The third-order valence-corrected chi connectivity index (χ3v) is 7.04. The highest BCUT2D eigenvalue weighted by Gasteiger charge is 2.24. The summed E-state index contributed by atoms with van der Waals surface area (Å²) in [5.41, 5.74) is 5.41. The third kappa shape index (κ3) is 5.01. The average Bonchev–Trinajstić information content (AvgIpc) is 3.59. The number of anilines is 1. The van der Waals surface area contributed by atoms with Crippen molar-refractivity contribution in [1.82, 2.24) is 14.5 Å². The second kappa shape index (κ2) is 11.0. The molecule has 0 atom stereocenters. The van der Waals surface area contributed by atoms with Crippen molar-refractivity contribution in [2.24, 2.45) is 0 Å². The molecular weight excluding hydrogens is 462 g/mol. The van der Waals surface area contributed by atoms with Crippen molar-refractivity contribution < 1.29 is 14.1 Å². The molecule has 0 amide bonds. The SMILES string of the molecule is c1ccc(-c2c(-c3ccccc3)n(Cc3ccco3)c3ncnc(NCCC[NH+]4CCOCC4)c23)cc1. The van der Waals surface area contributed by atoms with E-state index < -0.39 is 0 Å². The van der Waals surface area contributed by atoms with E-state index in [1.54, 1.807) is 17.5 Å². The lowest BCUT2D eigenvalue weighted by Crippen LogP contribution is -3.14. The van der Waals surface area contributed by atoms with E-state index in [9.17, 15) is 0 Å². The van der Waals surface area contributed by atoms with Crippen LogP contribution >= 0.6 is 0 Å². The second-order valence-corrected chi connectivity index (χ2v) is 9.43. The Bertz CT molecular complexity index is 1430. The van der Waals surface area contributed by atoms with Crippen molar-refractivity contribution in [2.45, 2.75) is 13.0 Å². The molecule has 1 saturated heterocycles. The number of quaternary nitrogens is 1. The number of furan rings is 1. The lowest BCUT2D eigenvalue weighted by molar-refractivity contribution is -0.908. The molecule has 0 bridgehead atoms. The fourth-order valence-electron chi connectivity index (χ4n) is 5.25. The Labute approximate surface area is 216 Å². The lowest BCUT2D eigenvalue weighted by Gasteiger charge is -2.23. The molecule has 0 radical (unpaired) electrons. The fraction of sp³-hybridized carbons (Fsp3) is 0.267. The maximum Gasteiger partial charge on any atom is 0.147 e. The zero-order valence-electron chi connectivity index (χ0n) is 20.9. The Balaban J connectivity index is 1.45. The van der Waals surface area contributed by atoms with Crippen molar-refractivity contribution in [1.29, 1.82) is 0 Å². The Hall–Kier alpha value is -3.94. The minimum absolute atomic E-state index is 0.581. The molecule has 2 aromatic carbocycles. The molecule has 1 aliphatic heterocycles. The predicted octanol–water partition coefficient (Wildman–Crippen LogP) is 4.12. The van der Waals surface area contributed by atoms with E-state index >= 15 is 0 Å². The molecule has 0 aliphatic carbocycles. The highest BCUT2D eigenvalue weighted by Crippen LogP contribution is 2.43. The Morgan fingerprint density at radius 1 is 0.865 bits per heavy atom. The van der Waals surface area contributed by atoms with Gasteiger partial charge in [-0.2, -0.15) is 0 Å². The van der Waals surface area contributed by atoms with Crippen LogP contribution in [0, 0.1) is 0 Å². The van der Waals surface area contributed by atoms with Gasteiger partial charge >= 0.3 is 0 Å². The van der Waals surface area contributed by atoms with Gasteiger partial charge in [-0.3, -0.25) is 0 Å². The van der Waals surface area contributed by atoms with Gasteiger partial charge in [-0.05, 0) is 23.3 Å². The molecule has 4 heterocycles. The summed E-state index contributed by atoms with van der Waals surface area (Å²) in [4.78, 5) is 11.2. The van der Waals surface area contributed by atoms with Crippen molar-refractivity contribution in [2.75, 3.05) is 44.7 Å². The quantitative estimate of drug-likeness (QED) is 0.302. The van der Waals surface area contributed by atoms with Crippen LogP contribution in [0.3, 0.4) is 0 Å². The summed E-state index contributed by atoms with van der Waals surface area (Å²) in [5, 5.41) is 4.70. The van der Waals surface area contributed by atoms with Gasteiger partial charge in [0.05, 0.1) is 43.6 Å². The van der Waals surface area contributed by atoms with E-state index in [2.05, 4.69) is 70.5 Å². The Morgan fingerprint density at radius 3 is 2.35 bits per heavy atom. The monoisotopic (exact) mass is 494 g/mol. The molecule has 1 fully saturated rings. The number of fused-ring (bicyclic) bond motifs is 1. The molecule has 188 valence electrons. The number of hydrogen-bond acceptors (Lipinski definition) is 5. The molecule has 7 heteroatoms. The van der Waals surface area contributed by atoms with Crippen LogP contribution in [-0.2, 0) is 11.3 Å². The average molecular weight is 495 g/mol. The van der Waals surface area contributed by atoms with Crippen molar-refractivity contribution >= 4 is 16.9 Å². The van der Waals surface area contributed by atoms with E-state index in [0.717, 1.165) is 90.8 Å². The normalized spacial score (nSPS) is 14.3. The molecule has 7 nitrogen and oxygen atoms in total. The standard InChI is InChI=1S/C30H31N5O2/c1-3-9-23(10-4-1)26-27-29(31-14-8-15-34-16-19-36-20-17-34)32-22-33-30(27)35(21-25-13-7-18-37-25)28(26)24-11-5-2-6-12-24/h1-7,9-13,18,22H,8,14-17,19-21H2,(H,31,32,33)/p+1. The molecule has 0 saturated carbocycles. The van der Waals surface area contributed by atoms with Gasteiger partial charge in [-0.15, -0.1) is 0 Å². The predicted molar refractivity (Wildman–Crippen MR) is 146 cm³/mol. The minimum atomic E-state index is 0.581. The van der Waals surface area contributed by atoms with Crippen LogP contribution in [0.15, 0.2) is 89.8 Å². The number of ether oxygens (including phenoxy) is 1. The molecule has 37 heavy (non-hydrogen) atoms. The second-order valence-electron chi connectivity index (χ2n) is 9.43. The summed E-state index contributed by atoms with van der Waals surface area (Å²) in [6.45, 7) is 6.47. The van der Waals surface area contributed by atoms with Gasteiger partial charge in [0, 0.05) is 18.5 Å². The summed E-state index contributed by atoms with van der Waals surface area (Å²) in [7, 11) is 0.